The molecule has 29 heavy (non-hydrogen) atoms. The van der Waals surface area contributed by atoms with Crippen LogP contribution in [0.25, 0.3) is 10.9 Å². The van der Waals surface area contributed by atoms with E-state index < -0.39 is 0 Å². The molecule has 0 saturated heterocycles. The van der Waals surface area contributed by atoms with E-state index in [-0.39, 0.29) is 11.9 Å². The predicted octanol–water partition coefficient (Wildman–Crippen LogP) is 6.21. The Labute approximate surface area is 174 Å². The van der Waals surface area contributed by atoms with Crippen molar-refractivity contribution in [3.05, 3.63) is 65.1 Å². The minimum absolute atomic E-state index is 0.230. The van der Waals surface area contributed by atoms with Crippen molar-refractivity contribution >= 4 is 22.5 Å². The average molecular weight is 412 g/mol. The molecule has 0 spiro atoms. The van der Waals surface area contributed by atoms with Crippen LogP contribution in [0.4, 0.5) is 4.39 Å². The quantitative estimate of drug-likeness (QED) is 0.483. The Morgan fingerprint density at radius 2 is 1.83 bits per heavy atom. The van der Waals surface area contributed by atoms with Gasteiger partial charge in [-0.2, -0.15) is 0 Å². The summed E-state index contributed by atoms with van der Waals surface area (Å²) in [5, 5.41) is 1.60. The molecular weight excluding hydrogens is 389 g/mol. The molecule has 2 aliphatic rings. The predicted molar refractivity (Wildman–Crippen MR) is 112 cm³/mol. The van der Waals surface area contributed by atoms with Crippen molar-refractivity contribution in [2.75, 3.05) is 6.61 Å². The van der Waals surface area contributed by atoms with Crippen molar-refractivity contribution in [3.8, 4) is 11.5 Å². The largest absolute Gasteiger partial charge is 0.494 e. The van der Waals surface area contributed by atoms with Crippen molar-refractivity contribution in [3.63, 3.8) is 0 Å². The number of ether oxygens (including phenoxy) is 2. The second kappa shape index (κ2) is 7.49. The normalized spacial score (nSPS) is 25.1. The highest BCUT2D eigenvalue weighted by Gasteiger charge is 2.56. The van der Waals surface area contributed by atoms with Crippen LogP contribution in [0, 0.1) is 30.5 Å². The van der Waals surface area contributed by atoms with Crippen molar-refractivity contribution in [2.45, 2.75) is 32.3 Å². The summed E-state index contributed by atoms with van der Waals surface area (Å²) in [6, 6.07) is 14.2. The highest BCUT2D eigenvalue weighted by molar-refractivity contribution is 6.30. The summed E-state index contributed by atoms with van der Waals surface area (Å²) >= 11 is 5.90. The number of rotatable bonds is 6. The van der Waals surface area contributed by atoms with E-state index in [9.17, 15) is 4.39 Å². The maximum Gasteiger partial charge on any atom is 0.130 e. The highest BCUT2D eigenvalue weighted by Crippen LogP contribution is 2.59. The van der Waals surface area contributed by atoms with Gasteiger partial charge in [-0.05, 0) is 80.3 Å². The number of halogens is 2. The second-order valence-electron chi connectivity index (χ2n) is 8.22. The highest BCUT2D eigenvalue weighted by atomic mass is 35.5. The first-order valence-corrected chi connectivity index (χ1v) is 10.6. The molecule has 0 aliphatic heterocycles. The Hall–Kier alpha value is -2.33. The average Bonchev–Trinajstić information content (AvgIpc) is 3.14. The summed E-state index contributed by atoms with van der Waals surface area (Å²) in [6.07, 6.45) is 3.48. The fourth-order valence-corrected chi connectivity index (χ4v) is 4.99. The number of pyridine rings is 1. The fraction of sp³-hybridized carbons (Fsp3) is 0.375. The molecule has 2 unspecified atom stereocenters. The molecule has 2 fully saturated rings. The van der Waals surface area contributed by atoms with Crippen LogP contribution < -0.4 is 9.47 Å². The number of hydrogen-bond acceptors (Lipinski definition) is 3. The molecular formula is C24H23ClFNO2. The van der Waals surface area contributed by atoms with Gasteiger partial charge in [-0.1, -0.05) is 11.6 Å². The molecule has 0 N–H and O–H groups in total. The molecule has 5 rings (SSSR count). The van der Waals surface area contributed by atoms with Crippen LogP contribution in [0.5, 0.6) is 11.5 Å². The molecule has 1 heterocycles. The van der Waals surface area contributed by atoms with Gasteiger partial charge in [0.2, 0.25) is 0 Å². The molecule has 3 aromatic rings. The maximum atomic E-state index is 13.5. The molecule has 0 amide bonds. The number of fused-ring (bicyclic) bond motifs is 2. The van der Waals surface area contributed by atoms with Crippen molar-refractivity contribution < 1.29 is 13.9 Å². The van der Waals surface area contributed by atoms with Gasteiger partial charge in [-0.25, -0.2) is 4.39 Å². The van der Waals surface area contributed by atoms with Gasteiger partial charge in [0.1, 0.15) is 17.3 Å². The van der Waals surface area contributed by atoms with Crippen LogP contribution in [-0.2, 0) is 0 Å². The van der Waals surface area contributed by atoms with Gasteiger partial charge < -0.3 is 9.47 Å². The Bertz CT molecular complexity index is 1020. The third-order valence-corrected chi connectivity index (χ3v) is 6.52. The Morgan fingerprint density at radius 1 is 1.07 bits per heavy atom. The third-order valence-electron chi connectivity index (χ3n) is 6.27. The van der Waals surface area contributed by atoms with Gasteiger partial charge in [-0.15, -0.1) is 0 Å². The van der Waals surface area contributed by atoms with Crippen LogP contribution in [0.1, 0.15) is 25.0 Å². The first-order valence-electron chi connectivity index (χ1n) is 10.2. The number of aryl methyl sites for hydroxylation is 1. The minimum Gasteiger partial charge on any atom is -0.494 e. The van der Waals surface area contributed by atoms with Crippen molar-refractivity contribution in [1.29, 1.82) is 0 Å². The molecule has 5 heteroatoms. The zero-order chi connectivity index (χ0) is 20.0. The van der Waals surface area contributed by atoms with E-state index in [0.717, 1.165) is 71.2 Å². The fourth-order valence-electron chi connectivity index (χ4n) is 4.87. The van der Waals surface area contributed by atoms with Gasteiger partial charge in [0.25, 0.3) is 0 Å². The van der Waals surface area contributed by atoms with E-state index >= 15 is 0 Å². The number of aromatic nitrogens is 1. The first-order chi connectivity index (χ1) is 14.1. The van der Waals surface area contributed by atoms with Crippen LogP contribution >= 0.6 is 11.6 Å². The van der Waals surface area contributed by atoms with E-state index in [2.05, 4.69) is 4.98 Å². The van der Waals surface area contributed by atoms with Crippen molar-refractivity contribution in [1.82, 2.24) is 4.98 Å². The first kappa shape index (κ1) is 18.7. The Balaban J connectivity index is 1.15. The lowest BCUT2D eigenvalue weighted by molar-refractivity contribution is 0.183. The van der Waals surface area contributed by atoms with Gasteiger partial charge in [0.05, 0.1) is 18.2 Å². The second-order valence-corrected chi connectivity index (χ2v) is 8.65. The van der Waals surface area contributed by atoms with Crippen LogP contribution in [0.3, 0.4) is 0 Å². The minimum atomic E-state index is -0.271. The molecule has 2 atom stereocenters. The molecule has 2 aromatic carbocycles. The molecule has 3 nitrogen and oxygen atoms in total. The van der Waals surface area contributed by atoms with E-state index in [0.29, 0.717) is 5.52 Å². The molecule has 2 saturated carbocycles. The molecule has 0 bridgehead atoms. The van der Waals surface area contributed by atoms with Crippen LogP contribution in [-0.4, -0.2) is 17.7 Å². The zero-order valence-corrected chi connectivity index (χ0v) is 17.0. The van der Waals surface area contributed by atoms with Crippen molar-refractivity contribution in [2.24, 2.45) is 17.8 Å². The van der Waals surface area contributed by atoms with Gasteiger partial charge in [-0.3, -0.25) is 4.98 Å². The Morgan fingerprint density at radius 3 is 2.59 bits per heavy atom. The lowest BCUT2D eigenvalue weighted by Gasteiger charge is -2.19. The summed E-state index contributed by atoms with van der Waals surface area (Å²) in [7, 11) is 0. The summed E-state index contributed by atoms with van der Waals surface area (Å²) in [4.78, 5) is 4.43. The summed E-state index contributed by atoms with van der Waals surface area (Å²) in [6.45, 7) is 2.66. The molecule has 0 radical (unpaired) electrons. The topological polar surface area (TPSA) is 31.4 Å². The molecule has 150 valence electrons. The summed E-state index contributed by atoms with van der Waals surface area (Å²) in [5.74, 6) is 3.64. The lowest BCUT2D eigenvalue weighted by atomic mass is 10.1. The molecule has 2 aliphatic carbocycles. The third kappa shape index (κ3) is 3.91. The van der Waals surface area contributed by atoms with Gasteiger partial charge >= 0.3 is 0 Å². The molecule has 1 aromatic heterocycles. The summed E-state index contributed by atoms with van der Waals surface area (Å²) < 4.78 is 25.7. The van der Waals surface area contributed by atoms with Crippen LogP contribution in [0.15, 0.2) is 48.5 Å². The zero-order valence-electron chi connectivity index (χ0n) is 16.3. The lowest BCUT2D eigenvalue weighted by Crippen LogP contribution is -2.16. The Kier molecular flexibility index (Phi) is 4.83. The standard InChI is InChI=1S/C24H23ClFNO2/c1-14-10-24(20-7-4-16(26)11-23(20)27-14)29-18-12-21-19(22(21)13-18)8-9-28-17-5-2-15(25)3-6-17/h2-7,10-11,18-19,21-22H,8-9,12-13H2,1H3. The SMILES string of the molecule is Cc1cc(OC2CC3C(CCOc4ccc(Cl)cc4)C3C2)c2ccc(F)cc2n1. The smallest absolute Gasteiger partial charge is 0.130 e. The van der Waals surface area contributed by atoms with Gasteiger partial charge in [0, 0.05) is 28.2 Å². The maximum absolute atomic E-state index is 13.5. The monoisotopic (exact) mass is 411 g/mol. The number of nitrogens with zero attached hydrogens (tertiary/aromatic N) is 1. The van der Waals surface area contributed by atoms with E-state index in [1.807, 2.05) is 37.3 Å². The number of hydrogen-bond donors (Lipinski definition) is 0. The summed E-state index contributed by atoms with van der Waals surface area (Å²) in [5.41, 5.74) is 1.50. The van der Waals surface area contributed by atoms with Crippen LogP contribution in [0.2, 0.25) is 5.02 Å². The van der Waals surface area contributed by atoms with E-state index in [1.165, 1.54) is 12.1 Å². The van der Waals surface area contributed by atoms with E-state index in [1.54, 1.807) is 6.07 Å². The van der Waals surface area contributed by atoms with Gasteiger partial charge in [0.15, 0.2) is 0 Å². The van der Waals surface area contributed by atoms with E-state index in [4.69, 9.17) is 21.1 Å². The number of benzene rings is 2.